The number of para-hydroxylation sites is 1. The first-order valence-corrected chi connectivity index (χ1v) is 7.41. The van der Waals surface area contributed by atoms with Crippen molar-refractivity contribution in [2.45, 2.75) is 13.5 Å². The molecular weight excluding hydrogens is 308 g/mol. The fourth-order valence-electron chi connectivity index (χ4n) is 2.23. The topological polar surface area (TPSA) is 76.7 Å². The molecule has 0 aliphatic heterocycles. The van der Waals surface area contributed by atoms with Gasteiger partial charge in [-0.3, -0.25) is 4.79 Å². The van der Waals surface area contributed by atoms with Gasteiger partial charge in [0.1, 0.15) is 0 Å². The third kappa shape index (κ3) is 4.25. The molecule has 0 unspecified atom stereocenters. The van der Waals surface area contributed by atoms with Crippen LogP contribution < -0.4 is 20.1 Å². The average molecular weight is 328 g/mol. The van der Waals surface area contributed by atoms with Crippen molar-refractivity contribution < 1.29 is 19.1 Å². The lowest BCUT2D eigenvalue weighted by atomic mass is 10.1. The van der Waals surface area contributed by atoms with Crippen molar-refractivity contribution in [2.75, 3.05) is 19.5 Å². The van der Waals surface area contributed by atoms with E-state index in [1.807, 2.05) is 12.1 Å². The number of hydrogen-bond acceptors (Lipinski definition) is 4. The summed E-state index contributed by atoms with van der Waals surface area (Å²) in [5.41, 5.74) is 2.01. The number of benzene rings is 2. The lowest BCUT2D eigenvalue weighted by Gasteiger charge is -2.13. The fraction of sp³-hybridized carbons (Fsp3) is 0.222. The van der Waals surface area contributed by atoms with Crippen LogP contribution in [-0.2, 0) is 6.54 Å². The van der Waals surface area contributed by atoms with Gasteiger partial charge in [-0.2, -0.15) is 0 Å². The Labute approximate surface area is 140 Å². The maximum atomic E-state index is 12.0. The number of Topliss-reactive ketones (excluding diaryl/α,β-unsaturated/α-hetero) is 1. The van der Waals surface area contributed by atoms with E-state index in [1.165, 1.54) is 6.92 Å². The zero-order chi connectivity index (χ0) is 17.5. The number of carbonyl (C=O) groups excluding carboxylic acids is 2. The highest BCUT2D eigenvalue weighted by Gasteiger charge is 2.10. The molecule has 2 aromatic rings. The molecule has 6 nitrogen and oxygen atoms in total. The monoisotopic (exact) mass is 328 g/mol. The van der Waals surface area contributed by atoms with E-state index in [0.717, 1.165) is 5.56 Å². The molecule has 0 aliphatic rings. The largest absolute Gasteiger partial charge is 0.493 e. The highest BCUT2D eigenvalue weighted by Crippen LogP contribution is 2.30. The second-order valence-electron chi connectivity index (χ2n) is 5.09. The Kier molecular flexibility index (Phi) is 5.78. The summed E-state index contributed by atoms with van der Waals surface area (Å²) in [4.78, 5) is 23.2. The maximum Gasteiger partial charge on any atom is 0.319 e. The number of amides is 2. The average Bonchev–Trinajstić information content (AvgIpc) is 2.59. The number of rotatable bonds is 6. The standard InChI is InChI=1S/C18H20N2O4/c1-12(21)13-7-9-15(10-8-13)20-18(22)19-11-14-5-4-6-16(23-2)17(14)24-3/h4-10H,11H2,1-3H3,(H2,19,20,22). The molecule has 2 amide bonds. The first-order chi connectivity index (χ1) is 11.5. The van der Waals surface area contributed by atoms with Gasteiger partial charge in [0.05, 0.1) is 14.2 Å². The predicted molar refractivity (Wildman–Crippen MR) is 91.9 cm³/mol. The third-order valence-electron chi connectivity index (χ3n) is 3.47. The molecule has 0 saturated carbocycles. The lowest BCUT2D eigenvalue weighted by Crippen LogP contribution is -2.28. The molecule has 0 aromatic heterocycles. The molecule has 2 rings (SSSR count). The van der Waals surface area contributed by atoms with E-state index in [1.54, 1.807) is 44.6 Å². The first-order valence-electron chi connectivity index (χ1n) is 7.41. The normalized spacial score (nSPS) is 9.96. The Hall–Kier alpha value is -3.02. The number of ether oxygens (including phenoxy) is 2. The summed E-state index contributed by atoms with van der Waals surface area (Å²) < 4.78 is 10.6. The smallest absolute Gasteiger partial charge is 0.319 e. The van der Waals surface area contributed by atoms with E-state index < -0.39 is 0 Å². The van der Waals surface area contributed by atoms with Crippen molar-refractivity contribution in [1.82, 2.24) is 5.32 Å². The molecule has 2 aromatic carbocycles. The molecule has 0 heterocycles. The first kappa shape index (κ1) is 17.3. The van der Waals surface area contributed by atoms with E-state index in [2.05, 4.69) is 10.6 Å². The molecule has 0 bridgehead atoms. The second-order valence-corrected chi connectivity index (χ2v) is 5.09. The zero-order valence-electron chi connectivity index (χ0n) is 13.9. The summed E-state index contributed by atoms with van der Waals surface area (Å²) in [5.74, 6) is 1.18. The van der Waals surface area contributed by atoms with Crippen LogP contribution in [0.1, 0.15) is 22.8 Å². The van der Waals surface area contributed by atoms with Gasteiger partial charge in [0, 0.05) is 23.4 Å². The van der Waals surface area contributed by atoms with Crippen LogP contribution in [0.5, 0.6) is 11.5 Å². The van der Waals surface area contributed by atoms with Crippen LogP contribution in [0.4, 0.5) is 10.5 Å². The van der Waals surface area contributed by atoms with Crippen LogP contribution in [0, 0.1) is 0 Å². The van der Waals surface area contributed by atoms with Gasteiger partial charge in [-0.15, -0.1) is 0 Å². The molecule has 0 radical (unpaired) electrons. The molecule has 6 heteroatoms. The van der Waals surface area contributed by atoms with Gasteiger partial charge in [0.25, 0.3) is 0 Å². The molecule has 0 spiro atoms. The van der Waals surface area contributed by atoms with Gasteiger partial charge in [-0.25, -0.2) is 4.79 Å². The highest BCUT2D eigenvalue weighted by molar-refractivity contribution is 5.95. The van der Waals surface area contributed by atoms with Crippen LogP contribution in [-0.4, -0.2) is 26.0 Å². The predicted octanol–water partition coefficient (Wildman–Crippen LogP) is 3.23. The number of anilines is 1. The molecule has 0 aliphatic carbocycles. The van der Waals surface area contributed by atoms with Crippen molar-refractivity contribution in [1.29, 1.82) is 0 Å². The zero-order valence-corrected chi connectivity index (χ0v) is 13.9. The highest BCUT2D eigenvalue weighted by atomic mass is 16.5. The number of ketones is 1. The van der Waals surface area contributed by atoms with Crippen LogP contribution in [0.25, 0.3) is 0 Å². The minimum absolute atomic E-state index is 0.0175. The van der Waals surface area contributed by atoms with Gasteiger partial charge >= 0.3 is 6.03 Å². The van der Waals surface area contributed by atoms with E-state index in [0.29, 0.717) is 22.7 Å². The quantitative estimate of drug-likeness (QED) is 0.798. The van der Waals surface area contributed by atoms with E-state index in [-0.39, 0.29) is 18.4 Å². The van der Waals surface area contributed by atoms with Crippen molar-refractivity contribution >= 4 is 17.5 Å². The van der Waals surface area contributed by atoms with Crippen LogP contribution in [0.3, 0.4) is 0 Å². The SMILES string of the molecule is COc1cccc(CNC(=O)Nc2ccc(C(C)=O)cc2)c1OC. The van der Waals surface area contributed by atoms with E-state index >= 15 is 0 Å². The van der Waals surface area contributed by atoms with Crippen molar-refractivity contribution in [3.05, 3.63) is 53.6 Å². The molecule has 24 heavy (non-hydrogen) atoms. The number of urea groups is 1. The number of hydrogen-bond donors (Lipinski definition) is 2. The summed E-state index contributed by atoms with van der Waals surface area (Å²) in [5, 5.41) is 5.47. The summed E-state index contributed by atoms with van der Waals surface area (Å²) in [6, 6.07) is 11.8. The summed E-state index contributed by atoms with van der Waals surface area (Å²) >= 11 is 0. The van der Waals surface area contributed by atoms with Gasteiger partial charge in [0.2, 0.25) is 0 Å². The Morgan fingerprint density at radius 1 is 1.00 bits per heavy atom. The van der Waals surface area contributed by atoms with Crippen molar-refractivity contribution in [3.63, 3.8) is 0 Å². The third-order valence-corrected chi connectivity index (χ3v) is 3.47. The van der Waals surface area contributed by atoms with Crippen LogP contribution in [0.2, 0.25) is 0 Å². The molecule has 2 N–H and O–H groups in total. The number of carbonyl (C=O) groups is 2. The number of methoxy groups -OCH3 is 2. The summed E-state index contributed by atoms with van der Waals surface area (Å²) in [7, 11) is 3.12. The Bertz CT molecular complexity index is 726. The minimum Gasteiger partial charge on any atom is -0.493 e. The maximum absolute atomic E-state index is 12.0. The lowest BCUT2D eigenvalue weighted by molar-refractivity contribution is 0.101. The molecule has 0 saturated heterocycles. The van der Waals surface area contributed by atoms with Gasteiger partial charge < -0.3 is 20.1 Å². The Morgan fingerprint density at radius 2 is 1.71 bits per heavy atom. The Balaban J connectivity index is 1.97. The van der Waals surface area contributed by atoms with Crippen molar-refractivity contribution in [3.8, 4) is 11.5 Å². The van der Waals surface area contributed by atoms with Crippen LogP contribution >= 0.6 is 0 Å². The Morgan fingerprint density at radius 3 is 2.29 bits per heavy atom. The molecule has 126 valence electrons. The molecule has 0 fully saturated rings. The molecule has 0 atom stereocenters. The molecular formula is C18H20N2O4. The van der Waals surface area contributed by atoms with Crippen LogP contribution in [0.15, 0.2) is 42.5 Å². The van der Waals surface area contributed by atoms with Crippen molar-refractivity contribution in [2.24, 2.45) is 0 Å². The number of nitrogens with one attached hydrogen (secondary N) is 2. The van der Waals surface area contributed by atoms with E-state index in [9.17, 15) is 9.59 Å². The van der Waals surface area contributed by atoms with Gasteiger partial charge in [-0.05, 0) is 37.3 Å². The summed E-state index contributed by atoms with van der Waals surface area (Å²) in [6.45, 7) is 1.79. The second kappa shape index (κ2) is 8.01. The minimum atomic E-state index is -0.351. The van der Waals surface area contributed by atoms with E-state index in [4.69, 9.17) is 9.47 Å². The van der Waals surface area contributed by atoms with Gasteiger partial charge in [0.15, 0.2) is 17.3 Å². The van der Waals surface area contributed by atoms with Gasteiger partial charge in [-0.1, -0.05) is 12.1 Å². The fourth-order valence-corrected chi connectivity index (χ4v) is 2.23. The summed E-state index contributed by atoms with van der Waals surface area (Å²) in [6.07, 6.45) is 0.